The van der Waals surface area contributed by atoms with Crippen LogP contribution in [0.2, 0.25) is 0 Å². The Kier molecular flexibility index (Phi) is 5.96. The van der Waals surface area contributed by atoms with Gasteiger partial charge in [0.2, 0.25) is 5.91 Å². The fourth-order valence-electron chi connectivity index (χ4n) is 2.07. The first-order valence-electron chi connectivity index (χ1n) is 7.20. The molecule has 118 valence electrons. The maximum Gasteiger partial charge on any atom is 0.310 e. The van der Waals surface area contributed by atoms with Crippen LogP contribution in [0.1, 0.15) is 39.0 Å². The maximum atomic E-state index is 12.4. The summed E-state index contributed by atoms with van der Waals surface area (Å²) < 4.78 is 0. The first-order valence-corrected chi connectivity index (χ1v) is 8.08. The van der Waals surface area contributed by atoms with Gasteiger partial charge in [-0.3, -0.25) is 9.59 Å². The molecule has 1 rings (SSSR count). The Morgan fingerprint density at radius 3 is 2.43 bits per heavy atom. The first kappa shape index (κ1) is 17.7. The summed E-state index contributed by atoms with van der Waals surface area (Å²) in [6.07, 6.45) is 0.830. The van der Waals surface area contributed by atoms with E-state index >= 15 is 0 Å². The number of thiophene rings is 1. The molecule has 1 aromatic rings. The van der Waals surface area contributed by atoms with Gasteiger partial charge in [-0.15, -0.1) is 11.3 Å². The Balaban J connectivity index is 2.71. The van der Waals surface area contributed by atoms with Crippen LogP contribution in [0.5, 0.6) is 0 Å². The largest absolute Gasteiger partial charge is 0.481 e. The lowest BCUT2D eigenvalue weighted by Gasteiger charge is -2.32. The molecule has 0 saturated carbocycles. The molecule has 5 heteroatoms. The van der Waals surface area contributed by atoms with Crippen molar-refractivity contribution in [1.82, 2.24) is 4.90 Å². The molecule has 1 amide bonds. The molecule has 0 aromatic carbocycles. The third-order valence-electron chi connectivity index (χ3n) is 4.41. The van der Waals surface area contributed by atoms with Gasteiger partial charge >= 0.3 is 5.97 Å². The quantitative estimate of drug-likeness (QED) is 0.840. The molecule has 0 fully saturated rings. The standard InChI is InChI=1S/C16H25NO3S/c1-11(2)16(4,15(19)20)10-14(18)17(5)12(3)9-13-7-6-8-21-13/h6-8,11-12H,9-10H2,1-5H3,(H,19,20). The van der Waals surface area contributed by atoms with E-state index in [1.54, 1.807) is 30.2 Å². The van der Waals surface area contributed by atoms with Gasteiger partial charge in [0, 0.05) is 30.8 Å². The minimum absolute atomic E-state index is 0.0330. The van der Waals surface area contributed by atoms with E-state index in [9.17, 15) is 14.7 Å². The zero-order chi connectivity index (χ0) is 16.2. The van der Waals surface area contributed by atoms with Gasteiger partial charge in [0.1, 0.15) is 0 Å². The smallest absolute Gasteiger partial charge is 0.310 e. The zero-order valence-corrected chi connectivity index (χ0v) is 14.2. The van der Waals surface area contributed by atoms with Gasteiger partial charge < -0.3 is 10.0 Å². The van der Waals surface area contributed by atoms with Crippen LogP contribution in [-0.2, 0) is 16.0 Å². The van der Waals surface area contributed by atoms with Gasteiger partial charge in [-0.1, -0.05) is 19.9 Å². The first-order chi connectivity index (χ1) is 9.68. The average molecular weight is 311 g/mol. The van der Waals surface area contributed by atoms with E-state index in [4.69, 9.17) is 0 Å². The van der Waals surface area contributed by atoms with Gasteiger partial charge in [0.15, 0.2) is 0 Å². The highest BCUT2D eigenvalue weighted by Gasteiger charge is 2.39. The van der Waals surface area contributed by atoms with Gasteiger partial charge in [0.05, 0.1) is 5.41 Å². The Bertz CT molecular complexity index is 484. The van der Waals surface area contributed by atoms with E-state index < -0.39 is 11.4 Å². The molecule has 0 saturated heterocycles. The van der Waals surface area contributed by atoms with Gasteiger partial charge in [0.25, 0.3) is 0 Å². The summed E-state index contributed by atoms with van der Waals surface area (Å²) in [5.41, 5.74) is -1.02. The van der Waals surface area contributed by atoms with Crippen LogP contribution in [0, 0.1) is 11.3 Å². The lowest BCUT2D eigenvalue weighted by molar-refractivity contribution is -0.155. The normalized spacial score (nSPS) is 15.5. The number of carbonyl (C=O) groups excluding carboxylic acids is 1. The van der Waals surface area contributed by atoms with Crippen LogP contribution < -0.4 is 0 Å². The molecule has 1 N–H and O–H groups in total. The second-order valence-corrected chi connectivity index (χ2v) is 7.22. The van der Waals surface area contributed by atoms with E-state index in [2.05, 4.69) is 6.07 Å². The number of aliphatic carboxylic acids is 1. The SMILES string of the molecule is CC(Cc1cccs1)N(C)C(=O)CC(C)(C(=O)O)C(C)C. The van der Waals surface area contributed by atoms with Crippen molar-refractivity contribution in [1.29, 1.82) is 0 Å². The highest BCUT2D eigenvalue weighted by molar-refractivity contribution is 7.09. The van der Waals surface area contributed by atoms with Crippen molar-refractivity contribution in [3.05, 3.63) is 22.4 Å². The lowest BCUT2D eigenvalue weighted by Crippen LogP contribution is -2.43. The van der Waals surface area contributed by atoms with Crippen molar-refractivity contribution >= 4 is 23.2 Å². The molecule has 4 nitrogen and oxygen atoms in total. The molecule has 0 aliphatic rings. The van der Waals surface area contributed by atoms with Crippen molar-refractivity contribution in [2.75, 3.05) is 7.05 Å². The monoisotopic (exact) mass is 311 g/mol. The number of rotatable bonds is 7. The Labute approximate surface area is 130 Å². The van der Waals surface area contributed by atoms with Crippen LogP contribution in [0.15, 0.2) is 17.5 Å². The van der Waals surface area contributed by atoms with E-state index in [0.717, 1.165) is 6.42 Å². The highest BCUT2D eigenvalue weighted by atomic mass is 32.1. The number of hydrogen-bond donors (Lipinski definition) is 1. The molecule has 21 heavy (non-hydrogen) atoms. The molecule has 0 radical (unpaired) electrons. The molecule has 2 unspecified atom stereocenters. The third kappa shape index (κ3) is 4.30. The van der Waals surface area contributed by atoms with Crippen LogP contribution in [0.3, 0.4) is 0 Å². The summed E-state index contributed by atoms with van der Waals surface area (Å²) in [5.74, 6) is -1.12. The van der Waals surface area contributed by atoms with Crippen molar-refractivity contribution in [3.8, 4) is 0 Å². The van der Waals surface area contributed by atoms with E-state index in [1.165, 1.54) is 4.88 Å². The fourth-order valence-corrected chi connectivity index (χ4v) is 2.89. The summed E-state index contributed by atoms with van der Waals surface area (Å²) in [5, 5.41) is 11.4. The Hall–Kier alpha value is -1.36. The van der Waals surface area contributed by atoms with Gasteiger partial charge in [-0.25, -0.2) is 0 Å². The predicted molar refractivity (Wildman–Crippen MR) is 85.5 cm³/mol. The minimum Gasteiger partial charge on any atom is -0.481 e. The predicted octanol–water partition coefficient (Wildman–Crippen LogP) is 3.27. The molecule has 0 spiro atoms. The number of likely N-dealkylation sites (N-methyl/N-ethyl adjacent to an activating group) is 1. The number of nitrogens with zero attached hydrogens (tertiary/aromatic N) is 1. The molecule has 0 aliphatic carbocycles. The second kappa shape index (κ2) is 7.07. The lowest BCUT2D eigenvalue weighted by atomic mass is 9.76. The maximum absolute atomic E-state index is 12.4. The summed E-state index contributed by atoms with van der Waals surface area (Å²) in [4.78, 5) is 26.8. The van der Waals surface area contributed by atoms with E-state index in [0.29, 0.717) is 0 Å². The molecular formula is C16H25NO3S. The summed E-state index contributed by atoms with van der Waals surface area (Å²) in [6.45, 7) is 7.33. The molecular weight excluding hydrogens is 286 g/mol. The molecule has 0 aliphatic heterocycles. The van der Waals surface area contributed by atoms with Crippen molar-refractivity contribution in [2.24, 2.45) is 11.3 Å². The van der Waals surface area contributed by atoms with Crippen molar-refractivity contribution < 1.29 is 14.7 Å². The van der Waals surface area contributed by atoms with Crippen LogP contribution in [-0.4, -0.2) is 35.0 Å². The number of amides is 1. The summed E-state index contributed by atoms with van der Waals surface area (Å²) >= 11 is 1.67. The molecule has 1 aromatic heterocycles. The third-order valence-corrected chi connectivity index (χ3v) is 5.31. The average Bonchev–Trinajstić information content (AvgIpc) is 2.89. The minimum atomic E-state index is -1.02. The highest BCUT2D eigenvalue weighted by Crippen LogP contribution is 2.32. The van der Waals surface area contributed by atoms with Crippen molar-refractivity contribution in [3.63, 3.8) is 0 Å². The number of carboxylic acids is 1. The van der Waals surface area contributed by atoms with Crippen LogP contribution in [0.25, 0.3) is 0 Å². The number of carboxylic acid groups (broad SMARTS) is 1. The van der Waals surface area contributed by atoms with Crippen LogP contribution >= 0.6 is 11.3 Å². The van der Waals surface area contributed by atoms with E-state index in [-0.39, 0.29) is 24.3 Å². The molecule has 0 bridgehead atoms. The summed E-state index contributed by atoms with van der Waals surface area (Å²) in [6, 6.07) is 4.10. The molecule has 2 atom stereocenters. The van der Waals surface area contributed by atoms with Gasteiger partial charge in [-0.2, -0.15) is 0 Å². The van der Waals surface area contributed by atoms with E-state index in [1.807, 2.05) is 32.2 Å². The van der Waals surface area contributed by atoms with Gasteiger partial charge in [-0.05, 0) is 31.2 Å². The summed E-state index contributed by atoms with van der Waals surface area (Å²) in [7, 11) is 1.75. The topological polar surface area (TPSA) is 57.6 Å². The van der Waals surface area contributed by atoms with Crippen LogP contribution in [0.4, 0.5) is 0 Å². The number of hydrogen-bond acceptors (Lipinski definition) is 3. The Morgan fingerprint density at radius 2 is 2.00 bits per heavy atom. The number of carbonyl (C=O) groups is 2. The fraction of sp³-hybridized carbons (Fsp3) is 0.625. The second-order valence-electron chi connectivity index (χ2n) is 6.19. The molecule has 1 heterocycles. The Morgan fingerprint density at radius 1 is 1.38 bits per heavy atom. The van der Waals surface area contributed by atoms with Crippen molar-refractivity contribution in [2.45, 2.75) is 46.6 Å². The zero-order valence-electron chi connectivity index (χ0n) is 13.4.